The molecular weight excluding hydrogens is 830 g/mol. The molecule has 66 heavy (non-hydrogen) atoms. The zero-order valence-electron chi connectivity index (χ0n) is 34.1. The van der Waals surface area contributed by atoms with Gasteiger partial charge in [-0.1, -0.05) is 84.9 Å². The molecule has 306 valence electrons. The van der Waals surface area contributed by atoms with E-state index in [2.05, 4.69) is 30.3 Å². The molecule has 0 bridgehead atoms. The number of aromatic nitrogens is 2. The van der Waals surface area contributed by atoms with E-state index in [0.29, 0.717) is 66.5 Å². The average molecular weight is 855 g/mol. The van der Waals surface area contributed by atoms with Gasteiger partial charge in [0.05, 0.1) is 97.2 Å². The first kappa shape index (κ1) is 40.2. The van der Waals surface area contributed by atoms with E-state index in [0.717, 1.165) is 22.2 Å². The third-order valence-corrected chi connectivity index (χ3v) is 12.0. The minimum atomic E-state index is -4.90. The van der Waals surface area contributed by atoms with Crippen molar-refractivity contribution in [1.29, 1.82) is 31.6 Å². The maximum Gasteiger partial charge on any atom is 0.417 e. The molecule has 0 N–H and O–H groups in total. The predicted octanol–water partition coefficient (Wildman–Crippen LogP) is 13.1. The standard InChI is InChI=1S/C55H25F3N8/c56-55(57,58)47-9-5-6-36(28-61)53(47)45-20-21-50(65-48-10-3-1-7-41(48)43-18-14-34(24-51(43)65)39-16-12-32(26-59)22-37(39)29-62)46(31-64)54(45)66-49-11-4-2-8-42(49)44-19-15-35(25-52(44)66)40-17-13-33(27-60)23-38(40)30-63/h1-25H. The molecule has 2 heterocycles. The summed E-state index contributed by atoms with van der Waals surface area (Å²) >= 11 is 0. The quantitative estimate of drug-likeness (QED) is 0.168. The smallest absolute Gasteiger partial charge is 0.308 e. The van der Waals surface area contributed by atoms with Crippen molar-refractivity contribution in [2.45, 2.75) is 6.18 Å². The summed E-state index contributed by atoms with van der Waals surface area (Å²) in [5.41, 5.74) is 4.45. The lowest BCUT2D eigenvalue weighted by Crippen LogP contribution is -2.11. The van der Waals surface area contributed by atoms with Crippen LogP contribution in [0.4, 0.5) is 13.2 Å². The van der Waals surface area contributed by atoms with Gasteiger partial charge in [0.1, 0.15) is 11.6 Å². The number of para-hydroxylation sites is 2. The van der Waals surface area contributed by atoms with Crippen molar-refractivity contribution in [3.05, 3.63) is 191 Å². The van der Waals surface area contributed by atoms with E-state index in [1.807, 2.05) is 89.5 Å². The van der Waals surface area contributed by atoms with Crippen LogP contribution in [0, 0.1) is 68.0 Å². The van der Waals surface area contributed by atoms with Gasteiger partial charge < -0.3 is 9.13 Å². The van der Waals surface area contributed by atoms with Gasteiger partial charge in [-0.2, -0.15) is 44.7 Å². The van der Waals surface area contributed by atoms with E-state index in [1.165, 1.54) is 30.3 Å². The Morgan fingerprint density at radius 1 is 0.394 bits per heavy atom. The van der Waals surface area contributed by atoms with Gasteiger partial charge in [-0.15, -0.1) is 0 Å². The van der Waals surface area contributed by atoms with Crippen molar-refractivity contribution >= 4 is 43.6 Å². The number of benzene rings is 8. The molecule has 0 radical (unpaired) electrons. The third-order valence-electron chi connectivity index (χ3n) is 12.0. The summed E-state index contributed by atoms with van der Waals surface area (Å²) in [6, 6.07) is 55.1. The van der Waals surface area contributed by atoms with Crippen LogP contribution in [0.25, 0.3) is 88.4 Å². The maximum absolute atomic E-state index is 15.2. The second kappa shape index (κ2) is 15.5. The summed E-state index contributed by atoms with van der Waals surface area (Å²) in [6.07, 6.45) is -4.90. The number of hydrogen-bond acceptors (Lipinski definition) is 6. The van der Waals surface area contributed by atoms with Crippen molar-refractivity contribution in [2.75, 3.05) is 0 Å². The van der Waals surface area contributed by atoms with E-state index in [9.17, 15) is 31.6 Å². The normalized spacial score (nSPS) is 11.2. The van der Waals surface area contributed by atoms with Crippen LogP contribution >= 0.6 is 0 Å². The van der Waals surface area contributed by atoms with Crippen molar-refractivity contribution in [3.8, 4) is 81.2 Å². The van der Waals surface area contributed by atoms with Gasteiger partial charge in [0.25, 0.3) is 0 Å². The molecule has 0 unspecified atom stereocenters. The first-order chi connectivity index (χ1) is 32.1. The number of fused-ring (bicyclic) bond motifs is 6. The monoisotopic (exact) mass is 854 g/mol. The molecule has 0 aliphatic carbocycles. The molecule has 0 atom stereocenters. The molecular formula is C55H25F3N8. The largest absolute Gasteiger partial charge is 0.417 e. The van der Waals surface area contributed by atoms with Crippen molar-refractivity contribution in [2.24, 2.45) is 0 Å². The Kier molecular flexibility index (Phi) is 9.41. The molecule has 8 nitrogen and oxygen atoms in total. The fourth-order valence-corrected chi connectivity index (χ4v) is 9.18. The second-order valence-corrected chi connectivity index (χ2v) is 15.4. The minimum absolute atomic E-state index is 0.0124. The van der Waals surface area contributed by atoms with Crippen LogP contribution in [0.5, 0.6) is 0 Å². The van der Waals surface area contributed by atoms with E-state index < -0.39 is 17.3 Å². The van der Waals surface area contributed by atoms with E-state index in [-0.39, 0.29) is 33.5 Å². The second-order valence-electron chi connectivity index (χ2n) is 15.4. The maximum atomic E-state index is 15.2. The topological polar surface area (TPSA) is 153 Å². The van der Waals surface area contributed by atoms with Crippen LogP contribution in [0.15, 0.2) is 152 Å². The predicted molar refractivity (Wildman–Crippen MR) is 245 cm³/mol. The Balaban J connectivity index is 1.37. The molecule has 0 saturated heterocycles. The van der Waals surface area contributed by atoms with Crippen molar-refractivity contribution < 1.29 is 13.2 Å². The Morgan fingerprint density at radius 2 is 0.894 bits per heavy atom. The molecule has 0 spiro atoms. The third kappa shape index (κ3) is 6.18. The molecule has 8 aromatic carbocycles. The number of nitrogens with zero attached hydrogens (tertiary/aromatic N) is 8. The number of rotatable bonds is 5. The lowest BCUT2D eigenvalue weighted by atomic mass is 9.90. The molecule has 10 rings (SSSR count). The van der Waals surface area contributed by atoms with Crippen LogP contribution in [-0.4, -0.2) is 9.13 Å². The summed E-state index contributed by atoms with van der Waals surface area (Å²) < 4.78 is 49.3. The van der Waals surface area contributed by atoms with Gasteiger partial charge in [-0.05, 0) is 89.0 Å². The van der Waals surface area contributed by atoms with Gasteiger partial charge in [0.2, 0.25) is 0 Å². The van der Waals surface area contributed by atoms with E-state index in [1.54, 1.807) is 41.0 Å². The molecule has 2 aromatic heterocycles. The Bertz CT molecular complexity index is 4020. The zero-order valence-corrected chi connectivity index (χ0v) is 34.1. The molecule has 0 aliphatic heterocycles. The van der Waals surface area contributed by atoms with Gasteiger partial charge in [-0.25, -0.2) is 0 Å². The van der Waals surface area contributed by atoms with Gasteiger partial charge in [0.15, 0.2) is 0 Å². The molecule has 10 aromatic rings. The van der Waals surface area contributed by atoms with Crippen molar-refractivity contribution in [1.82, 2.24) is 9.13 Å². The van der Waals surface area contributed by atoms with Crippen LogP contribution < -0.4 is 0 Å². The number of alkyl halides is 3. The number of hydrogen-bond donors (Lipinski definition) is 0. The highest BCUT2D eigenvalue weighted by molar-refractivity contribution is 6.13. The van der Waals surface area contributed by atoms with E-state index >= 15 is 13.2 Å². The van der Waals surface area contributed by atoms with Crippen LogP contribution in [0.1, 0.15) is 38.9 Å². The lowest BCUT2D eigenvalue weighted by molar-refractivity contribution is -0.137. The highest BCUT2D eigenvalue weighted by Crippen LogP contribution is 2.47. The molecule has 0 amide bonds. The zero-order chi connectivity index (χ0) is 45.9. The molecule has 0 fully saturated rings. The number of halogens is 3. The first-order valence-electron chi connectivity index (χ1n) is 20.3. The highest BCUT2D eigenvalue weighted by Gasteiger charge is 2.37. The summed E-state index contributed by atoms with van der Waals surface area (Å²) in [5, 5.41) is 64.6. The van der Waals surface area contributed by atoms with E-state index in [4.69, 9.17) is 0 Å². The van der Waals surface area contributed by atoms with Crippen molar-refractivity contribution in [3.63, 3.8) is 0 Å². The highest BCUT2D eigenvalue weighted by atomic mass is 19.4. The Labute approximate surface area is 374 Å². The fourth-order valence-electron chi connectivity index (χ4n) is 9.18. The van der Waals surface area contributed by atoms with Gasteiger partial charge in [-0.3, -0.25) is 0 Å². The van der Waals surface area contributed by atoms with Crippen LogP contribution in [-0.2, 0) is 6.18 Å². The molecule has 0 aliphatic rings. The average Bonchev–Trinajstić information content (AvgIpc) is 3.86. The first-order valence-corrected chi connectivity index (χ1v) is 20.3. The van der Waals surface area contributed by atoms with Crippen LogP contribution in [0.2, 0.25) is 0 Å². The summed E-state index contributed by atoms with van der Waals surface area (Å²) in [4.78, 5) is 0. The Morgan fingerprint density at radius 3 is 1.41 bits per heavy atom. The minimum Gasteiger partial charge on any atom is -0.308 e. The van der Waals surface area contributed by atoms with Gasteiger partial charge in [0, 0.05) is 32.7 Å². The summed E-state index contributed by atoms with van der Waals surface area (Å²) in [6.45, 7) is 0. The number of nitriles is 6. The SMILES string of the molecule is N#Cc1ccc(-c2ccc3c4ccccc4n(-c4ccc(-c5c(C#N)cccc5C(F)(F)F)c(-n5c6ccccc6c6ccc(-c7ccc(C#N)cc7C#N)cc65)c4C#N)c3c2)c(C#N)c1. The Hall–Kier alpha value is -9.91. The van der Waals surface area contributed by atoms with Crippen LogP contribution in [0.3, 0.4) is 0 Å². The van der Waals surface area contributed by atoms with Gasteiger partial charge >= 0.3 is 6.18 Å². The summed E-state index contributed by atoms with van der Waals surface area (Å²) in [5.74, 6) is 0. The molecule has 11 heteroatoms. The summed E-state index contributed by atoms with van der Waals surface area (Å²) in [7, 11) is 0. The fraction of sp³-hybridized carbons (Fsp3) is 0.0182. The molecule has 0 saturated carbocycles. The lowest BCUT2D eigenvalue weighted by Gasteiger charge is -2.22.